The number of hydrogen-bond donors (Lipinski definition) is 0. The van der Waals surface area contributed by atoms with Gasteiger partial charge in [0.05, 0.1) is 0 Å². The summed E-state index contributed by atoms with van der Waals surface area (Å²) in [4.78, 5) is 0. The fourth-order valence-corrected chi connectivity index (χ4v) is 0.0833. The Bertz CT molecular complexity index is 62.6. The van der Waals surface area contributed by atoms with Crippen molar-refractivity contribution in [3.8, 4) is 12.3 Å². The van der Waals surface area contributed by atoms with Gasteiger partial charge in [0.25, 0.3) is 0 Å². The summed E-state index contributed by atoms with van der Waals surface area (Å²) in [7, 11) is 0. The first-order valence-electron chi connectivity index (χ1n) is 1.37. The second kappa shape index (κ2) is 3.30. The maximum Gasteiger partial charge on any atom is -0.00894 e. The standard InChI is InChI=1S/C5H5/c1-3-5-4-2/h1,5H,2H3. The molecule has 0 spiro atoms. The highest BCUT2D eigenvalue weighted by Crippen LogP contribution is 1.56. The molecule has 0 rings (SSSR count). The van der Waals surface area contributed by atoms with Gasteiger partial charge in [-0.3, -0.25) is 0 Å². The average Bonchev–Trinajstić information content (AvgIpc) is 1.41. The molecular formula is C5H5. The molecule has 0 atom stereocenters. The lowest BCUT2D eigenvalue weighted by Gasteiger charge is -1.50. The van der Waals surface area contributed by atoms with Gasteiger partial charge < -0.3 is 0 Å². The van der Waals surface area contributed by atoms with Crippen molar-refractivity contribution in [1.29, 1.82) is 0 Å². The SMILES string of the molecule is C#CC=[C]C. The molecule has 0 heterocycles. The first-order valence-corrected chi connectivity index (χ1v) is 1.37. The molecule has 0 nitrogen and oxygen atoms in total. The van der Waals surface area contributed by atoms with Gasteiger partial charge in [-0.1, -0.05) is 5.92 Å². The van der Waals surface area contributed by atoms with E-state index in [0.29, 0.717) is 0 Å². The van der Waals surface area contributed by atoms with Gasteiger partial charge in [0.1, 0.15) is 0 Å². The summed E-state index contributed by atoms with van der Waals surface area (Å²) in [5, 5.41) is 0. The Morgan fingerprint density at radius 2 is 2.40 bits per heavy atom. The highest BCUT2D eigenvalue weighted by molar-refractivity contribution is 5.04. The lowest BCUT2D eigenvalue weighted by molar-refractivity contribution is 1.67. The quantitative estimate of drug-likeness (QED) is 0.369. The van der Waals surface area contributed by atoms with E-state index in [1.165, 1.54) is 6.08 Å². The van der Waals surface area contributed by atoms with Crippen LogP contribution in [0.5, 0.6) is 0 Å². The Kier molecular flexibility index (Phi) is 2.84. The third-order valence-corrected chi connectivity index (χ3v) is 0.228. The fraction of sp³-hybridized carbons (Fsp3) is 0.200. The summed E-state index contributed by atoms with van der Waals surface area (Å²) in [6.45, 7) is 1.76. The molecule has 25 valence electrons. The highest BCUT2D eigenvalue weighted by atomic mass is 13.5. The molecule has 0 aliphatic rings. The van der Waals surface area contributed by atoms with Gasteiger partial charge >= 0.3 is 0 Å². The number of allylic oxidation sites excluding steroid dienone is 2. The van der Waals surface area contributed by atoms with E-state index < -0.39 is 0 Å². The summed E-state index contributed by atoms with van der Waals surface area (Å²) in [5.41, 5.74) is 0. The smallest absolute Gasteiger partial charge is 0.00894 e. The molecular weight excluding hydrogens is 60.1 g/mol. The van der Waals surface area contributed by atoms with Crippen LogP contribution in [0.15, 0.2) is 6.08 Å². The number of rotatable bonds is 0. The Labute approximate surface area is 32.5 Å². The van der Waals surface area contributed by atoms with Crippen LogP contribution in [0, 0.1) is 18.4 Å². The third kappa shape index (κ3) is 3.30. The molecule has 0 saturated heterocycles. The predicted molar refractivity (Wildman–Crippen MR) is 22.3 cm³/mol. The number of hydrogen-bond acceptors (Lipinski definition) is 0. The van der Waals surface area contributed by atoms with Crippen LogP contribution >= 0.6 is 0 Å². The molecule has 0 unspecified atom stereocenters. The Morgan fingerprint density at radius 1 is 1.80 bits per heavy atom. The molecule has 0 fully saturated rings. The van der Waals surface area contributed by atoms with E-state index in [-0.39, 0.29) is 0 Å². The van der Waals surface area contributed by atoms with Gasteiger partial charge in [-0.15, -0.1) is 6.42 Å². The molecule has 0 aromatic heterocycles. The third-order valence-electron chi connectivity index (χ3n) is 0.228. The summed E-state index contributed by atoms with van der Waals surface area (Å²) in [6, 6.07) is 0. The Morgan fingerprint density at radius 3 is 2.40 bits per heavy atom. The second-order valence-electron chi connectivity index (χ2n) is 0.600. The van der Waals surface area contributed by atoms with E-state index in [9.17, 15) is 0 Å². The maximum absolute atomic E-state index is 4.77. The highest BCUT2D eigenvalue weighted by Gasteiger charge is 1.42. The van der Waals surface area contributed by atoms with Gasteiger partial charge in [0.15, 0.2) is 0 Å². The zero-order valence-electron chi connectivity index (χ0n) is 3.15. The molecule has 0 saturated carbocycles. The number of terminal acetylenes is 1. The topological polar surface area (TPSA) is 0 Å². The van der Waals surface area contributed by atoms with Crippen LogP contribution < -0.4 is 0 Å². The van der Waals surface area contributed by atoms with Crippen molar-refractivity contribution in [1.82, 2.24) is 0 Å². The van der Waals surface area contributed by atoms with E-state index in [4.69, 9.17) is 6.42 Å². The van der Waals surface area contributed by atoms with Crippen LogP contribution in [0.3, 0.4) is 0 Å². The van der Waals surface area contributed by atoms with Gasteiger partial charge in [0.2, 0.25) is 0 Å². The molecule has 0 bridgehead atoms. The van der Waals surface area contributed by atoms with Crippen molar-refractivity contribution >= 4 is 0 Å². The van der Waals surface area contributed by atoms with Gasteiger partial charge in [-0.2, -0.15) is 0 Å². The largest absolute Gasteiger partial charge is 0.115 e. The molecule has 0 aromatic rings. The van der Waals surface area contributed by atoms with Crippen LogP contribution in [-0.4, -0.2) is 0 Å². The molecule has 0 aliphatic heterocycles. The van der Waals surface area contributed by atoms with E-state index in [2.05, 4.69) is 12.0 Å². The molecule has 0 aliphatic carbocycles. The van der Waals surface area contributed by atoms with Crippen molar-refractivity contribution in [2.24, 2.45) is 0 Å². The summed E-state index contributed by atoms with van der Waals surface area (Å²) < 4.78 is 0. The summed E-state index contributed by atoms with van der Waals surface area (Å²) >= 11 is 0. The van der Waals surface area contributed by atoms with E-state index in [1.54, 1.807) is 6.92 Å². The van der Waals surface area contributed by atoms with Gasteiger partial charge in [-0.25, -0.2) is 0 Å². The van der Waals surface area contributed by atoms with Crippen molar-refractivity contribution in [3.63, 3.8) is 0 Å². The predicted octanol–water partition coefficient (Wildman–Crippen LogP) is 0.999. The summed E-state index contributed by atoms with van der Waals surface area (Å²) in [5.74, 6) is 2.28. The maximum atomic E-state index is 4.77. The Balaban J connectivity index is 3.04. The van der Waals surface area contributed by atoms with E-state index >= 15 is 0 Å². The van der Waals surface area contributed by atoms with Crippen molar-refractivity contribution in [2.75, 3.05) is 0 Å². The lowest BCUT2D eigenvalue weighted by Crippen LogP contribution is -1.37. The van der Waals surface area contributed by atoms with Crippen molar-refractivity contribution in [2.45, 2.75) is 6.92 Å². The summed E-state index contributed by atoms with van der Waals surface area (Å²) in [6.07, 6.45) is 8.96. The van der Waals surface area contributed by atoms with E-state index in [0.717, 1.165) is 0 Å². The average molecular weight is 65.1 g/mol. The van der Waals surface area contributed by atoms with Gasteiger partial charge in [-0.05, 0) is 19.1 Å². The zero-order chi connectivity index (χ0) is 4.12. The van der Waals surface area contributed by atoms with Crippen LogP contribution in [-0.2, 0) is 0 Å². The lowest BCUT2D eigenvalue weighted by atomic mass is 10.6. The minimum absolute atomic E-state index is 1.53. The minimum Gasteiger partial charge on any atom is -0.115 e. The second-order valence-corrected chi connectivity index (χ2v) is 0.600. The van der Waals surface area contributed by atoms with Crippen LogP contribution in [0.4, 0.5) is 0 Å². The fourth-order valence-electron chi connectivity index (χ4n) is 0.0833. The molecule has 0 N–H and O–H groups in total. The zero-order valence-corrected chi connectivity index (χ0v) is 3.15. The van der Waals surface area contributed by atoms with Crippen LogP contribution in [0.1, 0.15) is 6.92 Å². The Hall–Kier alpha value is -0.700. The van der Waals surface area contributed by atoms with Crippen molar-refractivity contribution < 1.29 is 0 Å². The first-order chi connectivity index (χ1) is 2.41. The van der Waals surface area contributed by atoms with Crippen molar-refractivity contribution in [3.05, 3.63) is 12.2 Å². The molecule has 0 heteroatoms. The van der Waals surface area contributed by atoms with Gasteiger partial charge in [0, 0.05) is 0 Å². The normalized spacial score (nSPS) is 8.00. The molecule has 5 heavy (non-hydrogen) atoms. The van der Waals surface area contributed by atoms with E-state index in [1.807, 2.05) is 0 Å². The first kappa shape index (κ1) is 4.30. The monoisotopic (exact) mass is 65.0 g/mol. The van der Waals surface area contributed by atoms with Crippen LogP contribution in [0.2, 0.25) is 0 Å². The van der Waals surface area contributed by atoms with Crippen LogP contribution in [0.25, 0.3) is 0 Å². The minimum atomic E-state index is 1.53. The molecule has 0 amide bonds. The molecule has 1 radical (unpaired) electrons. The molecule has 0 aromatic carbocycles.